The molecule has 0 heterocycles. The Kier molecular flexibility index (Phi) is 2.21. The zero-order valence-electron chi connectivity index (χ0n) is 5.74. The van der Waals surface area contributed by atoms with Crippen molar-refractivity contribution in [1.82, 2.24) is 5.43 Å². The van der Waals surface area contributed by atoms with Crippen molar-refractivity contribution in [3.63, 3.8) is 0 Å². The zero-order chi connectivity index (χ0) is 7.61. The molecule has 1 atom stereocenters. The fraction of sp³-hybridized carbons (Fsp3) is 1.00. The fourth-order valence-corrected chi connectivity index (χ4v) is 1.30. The Morgan fingerprint density at radius 3 is 2.50 bits per heavy atom. The molecule has 0 aromatic heterocycles. The second kappa shape index (κ2) is 2.80. The Morgan fingerprint density at radius 1 is 1.40 bits per heavy atom. The molecule has 1 saturated carbocycles. The van der Waals surface area contributed by atoms with Crippen molar-refractivity contribution in [2.24, 2.45) is 5.84 Å². The van der Waals surface area contributed by atoms with E-state index in [1.165, 1.54) is 0 Å². The molecule has 1 rings (SSSR count). The van der Waals surface area contributed by atoms with Gasteiger partial charge in [0.25, 0.3) is 5.92 Å². The van der Waals surface area contributed by atoms with Gasteiger partial charge in [0.1, 0.15) is 0 Å². The number of nitrogens with one attached hydrogen (secondary N) is 1. The fourth-order valence-electron chi connectivity index (χ4n) is 1.30. The van der Waals surface area contributed by atoms with Gasteiger partial charge in [0.15, 0.2) is 0 Å². The summed E-state index contributed by atoms with van der Waals surface area (Å²) in [5, 5.41) is 0. The molecule has 0 saturated heterocycles. The predicted molar refractivity (Wildman–Crippen MR) is 34.5 cm³/mol. The molecule has 0 amide bonds. The van der Waals surface area contributed by atoms with Gasteiger partial charge < -0.3 is 0 Å². The summed E-state index contributed by atoms with van der Waals surface area (Å²) >= 11 is 0. The lowest BCUT2D eigenvalue weighted by Crippen LogP contribution is -2.50. The highest BCUT2D eigenvalue weighted by atomic mass is 19.3. The number of hydrogen-bond acceptors (Lipinski definition) is 2. The maximum absolute atomic E-state index is 12.7. The molecule has 0 aliphatic heterocycles. The van der Waals surface area contributed by atoms with E-state index in [1.807, 2.05) is 0 Å². The van der Waals surface area contributed by atoms with Gasteiger partial charge in [-0.05, 0) is 12.8 Å². The highest BCUT2D eigenvalue weighted by Gasteiger charge is 2.40. The Bertz CT molecular complexity index is 116. The van der Waals surface area contributed by atoms with Crippen molar-refractivity contribution in [1.29, 1.82) is 0 Å². The van der Waals surface area contributed by atoms with Crippen molar-refractivity contribution in [3.8, 4) is 0 Å². The topological polar surface area (TPSA) is 38.0 Å². The highest BCUT2D eigenvalue weighted by Crippen LogP contribution is 2.32. The summed E-state index contributed by atoms with van der Waals surface area (Å²) in [7, 11) is 0. The van der Waals surface area contributed by atoms with Gasteiger partial charge in [-0.1, -0.05) is 6.42 Å². The maximum Gasteiger partial charge on any atom is 0.264 e. The van der Waals surface area contributed by atoms with Crippen molar-refractivity contribution < 1.29 is 8.78 Å². The molecule has 1 aliphatic rings. The Labute approximate surface area is 58.7 Å². The van der Waals surface area contributed by atoms with Crippen LogP contribution in [0, 0.1) is 0 Å². The van der Waals surface area contributed by atoms with Crippen LogP contribution in [0.15, 0.2) is 0 Å². The number of hydrogen-bond donors (Lipinski definition) is 2. The first-order valence-electron chi connectivity index (χ1n) is 3.51. The number of rotatable bonds is 1. The van der Waals surface area contributed by atoms with Crippen LogP contribution in [0.3, 0.4) is 0 Å². The Balaban J connectivity index is 2.51. The lowest BCUT2D eigenvalue weighted by Gasteiger charge is -2.30. The lowest BCUT2D eigenvalue weighted by atomic mass is 9.92. The van der Waals surface area contributed by atoms with E-state index in [-0.39, 0.29) is 6.42 Å². The zero-order valence-corrected chi connectivity index (χ0v) is 5.74. The molecule has 60 valence electrons. The highest BCUT2D eigenvalue weighted by molar-refractivity contribution is 4.85. The van der Waals surface area contributed by atoms with Gasteiger partial charge in [0.05, 0.1) is 6.04 Å². The summed E-state index contributed by atoms with van der Waals surface area (Å²) < 4.78 is 25.5. The van der Waals surface area contributed by atoms with Gasteiger partial charge >= 0.3 is 0 Å². The first-order valence-corrected chi connectivity index (χ1v) is 3.51. The van der Waals surface area contributed by atoms with E-state index in [9.17, 15) is 8.78 Å². The first-order chi connectivity index (χ1) is 4.67. The van der Waals surface area contributed by atoms with Crippen LogP contribution in [0.1, 0.15) is 25.7 Å². The molecule has 0 bridgehead atoms. The number of halogens is 2. The lowest BCUT2D eigenvalue weighted by molar-refractivity contribution is -0.0635. The molecule has 2 nitrogen and oxygen atoms in total. The van der Waals surface area contributed by atoms with E-state index in [4.69, 9.17) is 5.84 Å². The predicted octanol–water partition coefficient (Wildman–Crippen LogP) is 1.03. The second-order valence-electron chi connectivity index (χ2n) is 2.73. The molecule has 0 radical (unpaired) electrons. The van der Waals surface area contributed by atoms with Crippen LogP contribution in [-0.2, 0) is 0 Å². The molecule has 0 spiro atoms. The van der Waals surface area contributed by atoms with Crippen LogP contribution in [0.5, 0.6) is 0 Å². The smallest absolute Gasteiger partial charge is 0.264 e. The quantitative estimate of drug-likeness (QED) is 0.432. The number of hydrazine groups is 1. The van der Waals surface area contributed by atoms with E-state index in [1.54, 1.807) is 0 Å². The van der Waals surface area contributed by atoms with Crippen LogP contribution in [0.4, 0.5) is 8.78 Å². The third-order valence-corrected chi connectivity index (χ3v) is 1.96. The van der Waals surface area contributed by atoms with E-state index >= 15 is 0 Å². The molecule has 0 aromatic carbocycles. The minimum absolute atomic E-state index is 0.0259. The monoisotopic (exact) mass is 150 g/mol. The van der Waals surface area contributed by atoms with Crippen LogP contribution < -0.4 is 11.3 Å². The van der Waals surface area contributed by atoms with E-state index in [2.05, 4.69) is 5.43 Å². The number of nitrogens with two attached hydrogens (primary N) is 1. The van der Waals surface area contributed by atoms with Gasteiger partial charge in [-0.15, -0.1) is 0 Å². The van der Waals surface area contributed by atoms with Crippen LogP contribution in [0.25, 0.3) is 0 Å². The molecular weight excluding hydrogens is 138 g/mol. The standard InChI is InChI=1S/C6H12F2N2/c7-6(8)4-2-1-3-5(6)10-9/h5,10H,1-4,9H2. The van der Waals surface area contributed by atoms with Gasteiger partial charge in [-0.25, -0.2) is 8.78 Å². The van der Waals surface area contributed by atoms with Crippen molar-refractivity contribution in [3.05, 3.63) is 0 Å². The maximum atomic E-state index is 12.7. The molecular formula is C6H12F2N2. The third kappa shape index (κ3) is 1.44. The van der Waals surface area contributed by atoms with Crippen LogP contribution in [-0.4, -0.2) is 12.0 Å². The van der Waals surface area contributed by atoms with Gasteiger partial charge in [0.2, 0.25) is 0 Å². The molecule has 1 aliphatic carbocycles. The molecule has 0 aromatic rings. The normalized spacial score (nSPS) is 32.1. The molecule has 3 N–H and O–H groups in total. The minimum Gasteiger partial charge on any atom is -0.271 e. The minimum atomic E-state index is -2.59. The summed E-state index contributed by atoms with van der Waals surface area (Å²) in [6.45, 7) is 0. The molecule has 1 unspecified atom stereocenters. The first kappa shape index (κ1) is 7.88. The molecule has 10 heavy (non-hydrogen) atoms. The summed E-state index contributed by atoms with van der Waals surface area (Å²) in [6, 6.07) is -0.804. The van der Waals surface area contributed by atoms with Crippen LogP contribution >= 0.6 is 0 Å². The van der Waals surface area contributed by atoms with Crippen LogP contribution in [0.2, 0.25) is 0 Å². The van der Waals surface area contributed by atoms with Gasteiger partial charge in [-0.3, -0.25) is 11.3 Å². The Hall–Kier alpha value is -0.220. The van der Waals surface area contributed by atoms with Gasteiger partial charge in [0, 0.05) is 6.42 Å². The van der Waals surface area contributed by atoms with E-state index in [0.717, 1.165) is 6.42 Å². The van der Waals surface area contributed by atoms with E-state index < -0.39 is 12.0 Å². The average Bonchev–Trinajstić information content (AvgIpc) is 1.87. The third-order valence-electron chi connectivity index (χ3n) is 1.96. The average molecular weight is 150 g/mol. The van der Waals surface area contributed by atoms with E-state index in [0.29, 0.717) is 12.8 Å². The summed E-state index contributed by atoms with van der Waals surface area (Å²) in [6.07, 6.45) is 1.93. The van der Waals surface area contributed by atoms with Crippen molar-refractivity contribution in [2.75, 3.05) is 0 Å². The molecule has 4 heteroatoms. The second-order valence-corrected chi connectivity index (χ2v) is 2.73. The molecule has 1 fully saturated rings. The summed E-state index contributed by atoms with van der Waals surface area (Å²) in [5.41, 5.74) is 2.14. The summed E-state index contributed by atoms with van der Waals surface area (Å²) in [4.78, 5) is 0. The SMILES string of the molecule is NNC1CCCCC1(F)F. The van der Waals surface area contributed by atoms with Gasteiger partial charge in [-0.2, -0.15) is 0 Å². The summed E-state index contributed by atoms with van der Waals surface area (Å²) in [5.74, 6) is 2.36. The van der Waals surface area contributed by atoms with Crippen molar-refractivity contribution in [2.45, 2.75) is 37.6 Å². The Morgan fingerprint density at radius 2 is 2.10 bits per heavy atom. The van der Waals surface area contributed by atoms with Crippen molar-refractivity contribution >= 4 is 0 Å². The largest absolute Gasteiger partial charge is 0.271 e. The number of alkyl halides is 2.